The minimum atomic E-state index is -1.85. The van der Waals surface area contributed by atoms with Crippen LogP contribution in [0.4, 0.5) is 0 Å². The Morgan fingerprint density at radius 2 is 1.85 bits per heavy atom. The molecular weight excluding hydrogens is 344 g/mol. The van der Waals surface area contributed by atoms with Gasteiger partial charge in [-0.15, -0.1) is 6.58 Å². The first-order valence-electron chi connectivity index (χ1n) is 9.00. The molecule has 5 nitrogen and oxygen atoms in total. The SMILES string of the molecule is C=CCC(C(=O)OCC)C(CCCO[Si](C)(C)C(C)(C)C)=C(C#N)C#N. The molecular formula is C20H32N2O3Si. The minimum absolute atomic E-state index is 0.0165. The van der Waals surface area contributed by atoms with Gasteiger partial charge in [-0.3, -0.25) is 4.79 Å². The monoisotopic (exact) mass is 376 g/mol. The van der Waals surface area contributed by atoms with Crippen molar-refractivity contribution in [1.29, 1.82) is 10.5 Å². The number of hydrogen-bond donors (Lipinski definition) is 0. The molecule has 0 aliphatic carbocycles. The quantitative estimate of drug-likeness (QED) is 0.178. The number of allylic oxidation sites excluding steroid dienone is 2. The van der Waals surface area contributed by atoms with Crippen molar-refractivity contribution in [2.45, 2.75) is 65.1 Å². The summed E-state index contributed by atoms with van der Waals surface area (Å²) in [5.41, 5.74) is 0.504. The van der Waals surface area contributed by atoms with Crippen LogP contribution >= 0.6 is 0 Å². The zero-order valence-corrected chi connectivity index (χ0v) is 18.0. The van der Waals surface area contributed by atoms with Gasteiger partial charge in [-0.2, -0.15) is 10.5 Å². The van der Waals surface area contributed by atoms with Crippen molar-refractivity contribution >= 4 is 14.3 Å². The maximum atomic E-state index is 12.3. The summed E-state index contributed by atoms with van der Waals surface area (Å²) in [4.78, 5) is 12.3. The standard InChI is InChI=1S/C20H32N2O3Si/c1-8-11-18(19(23)24-9-2)17(16(14-21)15-22)12-10-13-25-26(6,7)20(3,4)5/h8,18H,1,9-13H2,2-7H3. The smallest absolute Gasteiger partial charge is 0.313 e. The van der Waals surface area contributed by atoms with Crippen molar-refractivity contribution < 1.29 is 14.0 Å². The fourth-order valence-corrected chi connectivity index (χ4v) is 3.33. The van der Waals surface area contributed by atoms with Crippen molar-refractivity contribution in [2.75, 3.05) is 13.2 Å². The number of hydrogen-bond acceptors (Lipinski definition) is 5. The molecule has 1 atom stereocenters. The van der Waals surface area contributed by atoms with Gasteiger partial charge in [0.15, 0.2) is 8.32 Å². The molecule has 0 aromatic heterocycles. The second-order valence-electron chi connectivity index (χ2n) is 7.67. The molecule has 0 N–H and O–H groups in total. The zero-order chi connectivity index (χ0) is 20.4. The normalized spacial score (nSPS) is 12.5. The van der Waals surface area contributed by atoms with E-state index in [4.69, 9.17) is 9.16 Å². The summed E-state index contributed by atoms with van der Waals surface area (Å²) in [5, 5.41) is 18.7. The molecule has 1 unspecified atom stereocenters. The summed E-state index contributed by atoms with van der Waals surface area (Å²) in [6.07, 6.45) is 3.04. The number of carbonyl (C=O) groups excluding carboxylic acids is 1. The number of carbonyl (C=O) groups is 1. The van der Waals surface area contributed by atoms with Gasteiger partial charge in [-0.25, -0.2) is 0 Å². The third-order valence-corrected chi connectivity index (χ3v) is 9.34. The average molecular weight is 377 g/mol. The highest BCUT2D eigenvalue weighted by atomic mass is 28.4. The highest BCUT2D eigenvalue weighted by Gasteiger charge is 2.37. The second kappa shape index (κ2) is 11.0. The van der Waals surface area contributed by atoms with Crippen molar-refractivity contribution in [1.82, 2.24) is 0 Å². The first kappa shape index (κ1) is 24.1. The molecule has 144 valence electrons. The van der Waals surface area contributed by atoms with E-state index in [2.05, 4.69) is 40.4 Å². The Morgan fingerprint density at radius 1 is 1.27 bits per heavy atom. The molecule has 0 amide bonds. The molecule has 0 radical (unpaired) electrons. The van der Waals surface area contributed by atoms with Crippen molar-refractivity contribution in [3.05, 3.63) is 23.8 Å². The van der Waals surface area contributed by atoms with Gasteiger partial charge in [0, 0.05) is 6.61 Å². The van der Waals surface area contributed by atoms with Gasteiger partial charge in [-0.05, 0) is 49.9 Å². The van der Waals surface area contributed by atoms with Crippen LogP contribution in [0.3, 0.4) is 0 Å². The molecule has 26 heavy (non-hydrogen) atoms. The Morgan fingerprint density at radius 3 is 2.27 bits per heavy atom. The summed E-state index contributed by atoms with van der Waals surface area (Å²) in [7, 11) is -1.85. The van der Waals surface area contributed by atoms with Crippen LogP contribution in [0, 0.1) is 28.6 Å². The highest BCUT2D eigenvalue weighted by Crippen LogP contribution is 2.36. The zero-order valence-electron chi connectivity index (χ0n) is 17.0. The van der Waals surface area contributed by atoms with Gasteiger partial charge in [0.25, 0.3) is 0 Å². The topological polar surface area (TPSA) is 83.1 Å². The molecule has 0 spiro atoms. The lowest BCUT2D eigenvalue weighted by Gasteiger charge is -2.36. The second-order valence-corrected chi connectivity index (χ2v) is 12.5. The Labute approximate surface area is 159 Å². The predicted molar refractivity (Wildman–Crippen MR) is 106 cm³/mol. The maximum Gasteiger partial charge on any atom is 0.313 e. The molecule has 0 heterocycles. The van der Waals surface area contributed by atoms with E-state index in [1.165, 1.54) is 0 Å². The van der Waals surface area contributed by atoms with E-state index in [0.29, 0.717) is 31.4 Å². The van der Waals surface area contributed by atoms with E-state index in [0.717, 1.165) is 0 Å². The maximum absolute atomic E-state index is 12.3. The summed E-state index contributed by atoms with van der Waals surface area (Å²) in [6, 6.07) is 3.83. The van der Waals surface area contributed by atoms with Crippen LogP contribution in [0.25, 0.3) is 0 Å². The predicted octanol–water partition coefficient (Wildman–Crippen LogP) is 4.89. The van der Waals surface area contributed by atoms with E-state index in [-0.39, 0.29) is 17.2 Å². The molecule has 6 heteroatoms. The minimum Gasteiger partial charge on any atom is -0.466 e. The van der Waals surface area contributed by atoms with E-state index in [1.807, 2.05) is 12.1 Å². The van der Waals surface area contributed by atoms with Gasteiger partial charge in [0.2, 0.25) is 0 Å². The van der Waals surface area contributed by atoms with Crippen LogP contribution in [0.15, 0.2) is 23.8 Å². The van der Waals surface area contributed by atoms with Crippen LogP contribution in [0.2, 0.25) is 18.1 Å². The van der Waals surface area contributed by atoms with Gasteiger partial charge >= 0.3 is 5.97 Å². The van der Waals surface area contributed by atoms with Gasteiger partial charge in [-0.1, -0.05) is 26.8 Å². The summed E-state index contributed by atoms with van der Waals surface area (Å²) >= 11 is 0. The molecule has 0 saturated heterocycles. The molecule has 0 rings (SSSR count). The number of nitriles is 2. The number of nitrogens with zero attached hydrogens (tertiary/aromatic N) is 2. The van der Waals surface area contributed by atoms with Gasteiger partial charge in [0.1, 0.15) is 17.7 Å². The first-order chi connectivity index (χ1) is 12.1. The summed E-state index contributed by atoms with van der Waals surface area (Å²) in [5.74, 6) is -1.06. The molecule has 0 fully saturated rings. The van der Waals surface area contributed by atoms with Crippen LogP contribution in [0.5, 0.6) is 0 Å². The van der Waals surface area contributed by atoms with E-state index in [9.17, 15) is 15.3 Å². The lowest BCUT2D eigenvalue weighted by molar-refractivity contribution is -0.146. The molecule has 0 bridgehead atoms. The van der Waals surface area contributed by atoms with Crippen LogP contribution in [0.1, 0.15) is 47.0 Å². The Kier molecular flexibility index (Phi) is 10.2. The van der Waals surface area contributed by atoms with Gasteiger partial charge in [0.05, 0.1) is 12.5 Å². The van der Waals surface area contributed by atoms with E-state index >= 15 is 0 Å². The Hall–Kier alpha value is -1.89. The highest BCUT2D eigenvalue weighted by molar-refractivity contribution is 6.74. The van der Waals surface area contributed by atoms with Crippen LogP contribution in [-0.4, -0.2) is 27.5 Å². The lowest BCUT2D eigenvalue weighted by atomic mass is 9.88. The van der Waals surface area contributed by atoms with E-state index in [1.54, 1.807) is 13.0 Å². The summed E-state index contributed by atoms with van der Waals surface area (Å²) in [6.45, 7) is 17.1. The average Bonchev–Trinajstić information content (AvgIpc) is 2.55. The van der Waals surface area contributed by atoms with Crippen LogP contribution in [-0.2, 0) is 14.0 Å². The largest absolute Gasteiger partial charge is 0.466 e. The van der Waals surface area contributed by atoms with Crippen LogP contribution < -0.4 is 0 Å². The molecule has 0 aliphatic rings. The van der Waals surface area contributed by atoms with Gasteiger partial charge < -0.3 is 9.16 Å². The third-order valence-electron chi connectivity index (χ3n) is 4.80. The third kappa shape index (κ3) is 7.15. The summed E-state index contributed by atoms with van der Waals surface area (Å²) < 4.78 is 11.3. The molecule has 0 aromatic carbocycles. The number of ether oxygens (including phenoxy) is 1. The molecule has 0 aromatic rings. The van der Waals surface area contributed by atoms with Crippen molar-refractivity contribution in [3.63, 3.8) is 0 Å². The molecule has 0 aliphatic heterocycles. The Balaban J connectivity index is 5.29. The lowest BCUT2D eigenvalue weighted by Crippen LogP contribution is -2.41. The molecule has 0 saturated carbocycles. The van der Waals surface area contributed by atoms with E-state index < -0.39 is 20.2 Å². The van der Waals surface area contributed by atoms with Crippen molar-refractivity contribution in [2.24, 2.45) is 5.92 Å². The van der Waals surface area contributed by atoms with Crippen molar-refractivity contribution in [3.8, 4) is 12.1 Å². The first-order valence-corrected chi connectivity index (χ1v) is 11.9. The number of rotatable bonds is 10. The number of esters is 1. The fourth-order valence-electron chi connectivity index (χ4n) is 2.24. The fraction of sp³-hybridized carbons (Fsp3) is 0.650. The Bertz CT molecular complexity index is 588.